The van der Waals surface area contributed by atoms with Crippen molar-refractivity contribution in [3.8, 4) is 0 Å². The number of benzene rings is 2. The molecular weight excluding hydrogens is 434 g/mol. The Morgan fingerprint density at radius 3 is 2.24 bits per heavy atom. The van der Waals surface area contributed by atoms with E-state index in [-0.39, 0.29) is 22.8 Å². The van der Waals surface area contributed by atoms with Gasteiger partial charge in [-0.25, -0.2) is 13.1 Å². The van der Waals surface area contributed by atoms with E-state index in [2.05, 4.69) is 49.6 Å². The third kappa shape index (κ3) is 6.88. The molecule has 33 heavy (non-hydrogen) atoms. The summed E-state index contributed by atoms with van der Waals surface area (Å²) >= 11 is 0. The van der Waals surface area contributed by atoms with E-state index in [1.807, 2.05) is 12.1 Å². The first-order chi connectivity index (χ1) is 15.5. The Morgan fingerprint density at radius 1 is 1.06 bits per heavy atom. The fraction of sp³-hybridized carbons (Fsp3) is 0.500. The van der Waals surface area contributed by atoms with E-state index in [1.54, 1.807) is 36.4 Å². The van der Waals surface area contributed by atoms with Crippen LogP contribution in [0.3, 0.4) is 0 Å². The van der Waals surface area contributed by atoms with Crippen molar-refractivity contribution in [2.45, 2.75) is 63.9 Å². The average molecular weight is 472 g/mol. The van der Waals surface area contributed by atoms with Gasteiger partial charge in [-0.3, -0.25) is 4.79 Å². The van der Waals surface area contributed by atoms with Crippen LogP contribution in [0.25, 0.3) is 0 Å². The quantitative estimate of drug-likeness (QED) is 0.612. The van der Waals surface area contributed by atoms with Crippen LogP contribution in [0.15, 0.2) is 53.4 Å². The molecule has 1 unspecified atom stereocenters. The van der Waals surface area contributed by atoms with Crippen LogP contribution in [0.2, 0.25) is 0 Å². The maximum atomic E-state index is 12.6. The van der Waals surface area contributed by atoms with Gasteiger partial charge in [0, 0.05) is 31.2 Å². The Balaban J connectivity index is 1.51. The van der Waals surface area contributed by atoms with Gasteiger partial charge in [0.05, 0.1) is 4.90 Å². The lowest BCUT2D eigenvalue weighted by molar-refractivity contribution is 0.0947. The van der Waals surface area contributed by atoms with Gasteiger partial charge in [-0.15, -0.1) is 0 Å². The molecule has 0 radical (unpaired) electrons. The van der Waals surface area contributed by atoms with Crippen LogP contribution in [0.4, 0.5) is 0 Å². The molecule has 2 aromatic carbocycles. The lowest BCUT2D eigenvalue weighted by atomic mass is 9.87. The van der Waals surface area contributed by atoms with Crippen LogP contribution in [0.1, 0.15) is 62.5 Å². The molecule has 6 nitrogen and oxygen atoms in total. The number of sulfonamides is 1. The number of rotatable bonds is 8. The van der Waals surface area contributed by atoms with E-state index in [0.29, 0.717) is 24.1 Å². The van der Waals surface area contributed by atoms with Crippen molar-refractivity contribution >= 4 is 15.9 Å². The molecule has 1 aliphatic rings. The van der Waals surface area contributed by atoms with E-state index in [0.717, 1.165) is 30.6 Å². The highest BCUT2D eigenvalue weighted by molar-refractivity contribution is 7.89. The second-order valence-electron chi connectivity index (χ2n) is 10.2. The molecule has 180 valence electrons. The molecular formula is C26H37N3O3S. The zero-order valence-electron chi connectivity index (χ0n) is 20.4. The zero-order valence-corrected chi connectivity index (χ0v) is 21.2. The summed E-state index contributed by atoms with van der Waals surface area (Å²) in [6.45, 7) is 13.6. The monoisotopic (exact) mass is 471 g/mol. The van der Waals surface area contributed by atoms with Gasteiger partial charge in [0.15, 0.2) is 0 Å². The second-order valence-corrected chi connectivity index (χ2v) is 12.0. The maximum Gasteiger partial charge on any atom is 0.251 e. The van der Waals surface area contributed by atoms with Crippen LogP contribution in [-0.2, 0) is 22.0 Å². The Morgan fingerprint density at radius 2 is 1.70 bits per heavy atom. The molecule has 1 amide bonds. The molecule has 3 rings (SSSR count). The normalized spacial score (nSPS) is 17.5. The first-order valence-electron chi connectivity index (χ1n) is 11.7. The summed E-state index contributed by atoms with van der Waals surface area (Å²) in [5, 5.41) is 3.04. The van der Waals surface area contributed by atoms with E-state index < -0.39 is 10.0 Å². The minimum absolute atomic E-state index is 0.0324. The molecule has 1 fully saturated rings. The molecule has 2 N–H and O–H groups in total. The molecule has 0 saturated carbocycles. The number of carbonyl (C=O) groups is 1. The number of nitrogens with zero attached hydrogens (tertiary/aromatic N) is 1. The second kappa shape index (κ2) is 10.4. The predicted octanol–water partition coefficient (Wildman–Crippen LogP) is 3.92. The highest BCUT2D eigenvalue weighted by Gasteiger charge is 2.24. The summed E-state index contributed by atoms with van der Waals surface area (Å²) in [6, 6.07) is 14.6. The predicted molar refractivity (Wildman–Crippen MR) is 133 cm³/mol. The van der Waals surface area contributed by atoms with Gasteiger partial charge in [0.1, 0.15) is 0 Å². The van der Waals surface area contributed by atoms with E-state index in [4.69, 9.17) is 0 Å². The SMILES string of the molecule is CC(C)N1CCC(CNC(=O)c2ccc(CNS(=O)(=O)c3ccc(C(C)(C)C)cc3)cc2)C1. The van der Waals surface area contributed by atoms with Crippen molar-refractivity contribution < 1.29 is 13.2 Å². The summed E-state index contributed by atoms with van der Waals surface area (Å²) in [5.74, 6) is 0.395. The fourth-order valence-corrected chi connectivity index (χ4v) is 5.02. The molecule has 0 aromatic heterocycles. The van der Waals surface area contributed by atoms with Crippen molar-refractivity contribution in [3.63, 3.8) is 0 Å². The smallest absolute Gasteiger partial charge is 0.251 e. The number of carbonyl (C=O) groups excluding carboxylic acids is 1. The number of likely N-dealkylation sites (tertiary alicyclic amines) is 1. The molecule has 1 heterocycles. The van der Waals surface area contributed by atoms with Crippen LogP contribution in [0, 0.1) is 5.92 Å². The molecule has 0 spiro atoms. The van der Waals surface area contributed by atoms with Crippen LogP contribution in [-0.4, -0.2) is 44.9 Å². The highest BCUT2D eigenvalue weighted by atomic mass is 32.2. The minimum Gasteiger partial charge on any atom is -0.352 e. The van der Waals surface area contributed by atoms with Gasteiger partial charge < -0.3 is 10.2 Å². The summed E-state index contributed by atoms with van der Waals surface area (Å²) < 4.78 is 27.9. The molecule has 0 bridgehead atoms. The average Bonchev–Trinajstić information content (AvgIpc) is 3.25. The van der Waals surface area contributed by atoms with Crippen molar-refractivity contribution in [2.24, 2.45) is 5.92 Å². The Kier molecular flexibility index (Phi) is 7.98. The Bertz CT molecular complexity index is 1040. The summed E-state index contributed by atoms with van der Waals surface area (Å²) in [7, 11) is -3.61. The van der Waals surface area contributed by atoms with Crippen LogP contribution >= 0.6 is 0 Å². The van der Waals surface area contributed by atoms with E-state index in [1.165, 1.54) is 0 Å². The van der Waals surface area contributed by atoms with Gasteiger partial charge >= 0.3 is 0 Å². The largest absolute Gasteiger partial charge is 0.352 e. The van der Waals surface area contributed by atoms with Crippen molar-refractivity contribution in [3.05, 3.63) is 65.2 Å². The van der Waals surface area contributed by atoms with Crippen LogP contribution < -0.4 is 10.0 Å². The number of hydrogen-bond donors (Lipinski definition) is 2. The van der Waals surface area contributed by atoms with E-state index in [9.17, 15) is 13.2 Å². The zero-order chi connectivity index (χ0) is 24.2. The number of nitrogens with one attached hydrogen (secondary N) is 2. The van der Waals surface area contributed by atoms with Gasteiger partial charge in [0.25, 0.3) is 5.91 Å². The summed E-state index contributed by atoms with van der Waals surface area (Å²) in [5.41, 5.74) is 2.43. The molecule has 2 aromatic rings. The van der Waals surface area contributed by atoms with Gasteiger partial charge in [-0.2, -0.15) is 0 Å². The number of amides is 1. The first kappa shape index (κ1) is 25.4. The highest BCUT2D eigenvalue weighted by Crippen LogP contribution is 2.23. The number of hydrogen-bond acceptors (Lipinski definition) is 4. The first-order valence-corrected chi connectivity index (χ1v) is 13.2. The minimum atomic E-state index is -3.61. The topological polar surface area (TPSA) is 78.5 Å². The Labute approximate surface area is 198 Å². The molecule has 1 saturated heterocycles. The maximum absolute atomic E-state index is 12.6. The Hall–Kier alpha value is -2.22. The van der Waals surface area contributed by atoms with Gasteiger partial charge in [-0.05, 0) is 73.5 Å². The standard InChI is InChI=1S/C26H37N3O3S/c1-19(2)29-15-14-21(18-29)16-27-25(30)22-8-6-20(7-9-22)17-28-33(31,32)24-12-10-23(11-13-24)26(3,4)5/h6-13,19,21,28H,14-18H2,1-5H3,(H,27,30). The van der Waals surface area contributed by atoms with Crippen molar-refractivity contribution in [1.29, 1.82) is 0 Å². The van der Waals surface area contributed by atoms with Gasteiger partial charge in [-0.1, -0.05) is 45.0 Å². The lowest BCUT2D eigenvalue weighted by Crippen LogP contribution is -2.33. The third-order valence-corrected chi connectivity index (χ3v) is 7.73. The van der Waals surface area contributed by atoms with Crippen molar-refractivity contribution in [1.82, 2.24) is 14.9 Å². The van der Waals surface area contributed by atoms with Crippen LogP contribution in [0.5, 0.6) is 0 Å². The fourth-order valence-electron chi connectivity index (χ4n) is 4.01. The molecule has 0 aliphatic carbocycles. The molecule has 1 atom stereocenters. The lowest BCUT2D eigenvalue weighted by Gasteiger charge is -2.20. The van der Waals surface area contributed by atoms with Crippen molar-refractivity contribution in [2.75, 3.05) is 19.6 Å². The van der Waals surface area contributed by atoms with Gasteiger partial charge in [0.2, 0.25) is 10.0 Å². The summed E-state index contributed by atoms with van der Waals surface area (Å²) in [4.78, 5) is 15.2. The molecule has 1 aliphatic heterocycles. The summed E-state index contributed by atoms with van der Waals surface area (Å²) in [6.07, 6.45) is 1.11. The molecule has 7 heteroatoms. The van der Waals surface area contributed by atoms with E-state index >= 15 is 0 Å². The third-order valence-electron chi connectivity index (χ3n) is 6.31.